The van der Waals surface area contributed by atoms with Gasteiger partial charge in [0.15, 0.2) is 5.82 Å². The lowest BCUT2D eigenvalue weighted by Gasteiger charge is -2.08. The van der Waals surface area contributed by atoms with E-state index in [1.807, 2.05) is 18.2 Å². The van der Waals surface area contributed by atoms with Crippen LogP contribution in [0, 0.1) is 0 Å². The molecule has 0 bridgehead atoms. The fourth-order valence-electron chi connectivity index (χ4n) is 1.63. The van der Waals surface area contributed by atoms with Gasteiger partial charge in [0.1, 0.15) is 0 Å². The number of benzene rings is 1. The molecule has 1 aromatic heterocycles. The minimum atomic E-state index is 0.471. The van der Waals surface area contributed by atoms with E-state index in [0.29, 0.717) is 10.8 Å². The summed E-state index contributed by atoms with van der Waals surface area (Å²) in [5.74, 6) is 0.471. The van der Waals surface area contributed by atoms with Gasteiger partial charge >= 0.3 is 0 Å². The standard InChI is InChI=1S/C11H12BrClN4/c1-2-4-9-11(14)15-16-17(9)8-6-3-5-7(13)10(8)12/h3,5-6H,2,4,14H2,1H3. The van der Waals surface area contributed by atoms with Crippen LogP contribution in [0.5, 0.6) is 0 Å². The first-order valence-corrected chi connectivity index (χ1v) is 6.46. The van der Waals surface area contributed by atoms with E-state index in [-0.39, 0.29) is 0 Å². The molecule has 17 heavy (non-hydrogen) atoms. The Balaban J connectivity index is 2.56. The minimum Gasteiger partial charge on any atom is -0.381 e. The van der Waals surface area contributed by atoms with Gasteiger partial charge in [-0.2, -0.15) is 0 Å². The van der Waals surface area contributed by atoms with E-state index < -0.39 is 0 Å². The SMILES string of the molecule is CCCc1c(N)nnn1-c1cccc(Cl)c1Br. The Morgan fingerprint density at radius 3 is 2.94 bits per heavy atom. The third-order valence-electron chi connectivity index (χ3n) is 2.44. The maximum Gasteiger partial charge on any atom is 0.169 e. The first-order valence-electron chi connectivity index (χ1n) is 5.29. The molecule has 0 radical (unpaired) electrons. The molecule has 6 heteroatoms. The van der Waals surface area contributed by atoms with Crippen molar-refractivity contribution in [3.63, 3.8) is 0 Å². The van der Waals surface area contributed by atoms with Crippen LogP contribution in [0.2, 0.25) is 5.02 Å². The molecule has 0 atom stereocenters. The highest BCUT2D eigenvalue weighted by Crippen LogP contribution is 2.30. The molecule has 0 spiro atoms. The highest BCUT2D eigenvalue weighted by atomic mass is 79.9. The molecule has 0 fully saturated rings. The second kappa shape index (κ2) is 5.06. The molecule has 0 aliphatic carbocycles. The summed E-state index contributed by atoms with van der Waals surface area (Å²) < 4.78 is 2.53. The summed E-state index contributed by atoms with van der Waals surface area (Å²) in [6.07, 6.45) is 1.81. The molecule has 2 aromatic rings. The van der Waals surface area contributed by atoms with E-state index in [9.17, 15) is 0 Å². The zero-order valence-electron chi connectivity index (χ0n) is 9.32. The minimum absolute atomic E-state index is 0.471. The Morgan fingerprint density at radius 2 is 2.24 bits per heavy atom. The quantitative estimate of drug-likeness (QED) is 0.946. The van der Waals surface area contributed by atoms with Crippen LogP contribution < -0.4 is 5.73 Å². The molecule has 90 valence electrons. The van der Waals surface area contributed by atoms with Crippen LogP contribution in [0.25, 0.3) is 5.69 Å². The smallest absolute Gasteiger partial charge is 0.169 e. The number of nitrogens with zero attached hydrogens (tertiary/aromatic N) is 3. The molecule has 0 amide bonds. The number of nitrogens with two attached hydrogens (primary N) is 1. The molecule has 0 aliphatic heterocycles. The Labute approximate surface area is 113 Å². The number of halogens is 2. The summed E-state index contributed by atoms with van der Waals surface area (Å²) in [5.41, 5.74) is 7.57. The zero-order valence-corrected chi connectivity index (χ0v) is 11.7. The third kappa shape index (κ3) is 2.30. The maximum atomic E-state index is 6.06. The van der Waals surface area contributed by atoms with Crippen LogP contribution in [-0.2, 0) is 6.42 Å². The Hall–Kier alpha value is -1.07. The summed E-state index contributed by atoms with van der Waals surface area (Å²) in [4.78, 5) is 0. The maximum absolute atomic E-state index is 6.06. The third-order valence-corrected chi connectivity index (χ3v) is 3.82. The summed E-state index contributed by atoms with van der Waals surface area (Å²) in [6, 6.07) is 5.61. The van der Waals surface area contributed by atoms with Gasteiger partial charge in [0.25, 0.3) is 0 Å². The van der Waals surface area contributed by atoms with E-state index in [4.69, 9.17) is 17.3 Å². The van der Waals surface area contributed by atoms with Crippen LogP contribution in [0.1, 0.15) is 19.0 Å². The van der Waals surface area contributed by atoms with Gasteiger partial charge in [-0.25, -0.2) is 4.68 Å². The molecular weight excluding hydrogens is 304 g/mol. The van der Waals surface area contributed by atoms with Crippen LogP contribution >= 0.6 is 27.5 Å². The predicted molar refractivity (Wildman–Crippen MR) is 72.5 cm³/mol. The first kappa shape index (κ1) is 12.4. The summed E-state index contributed by atoms with van der Waals surface area (Å²) >= 11 is 9.51. The topological polar surface area (TPSA) is 56.7 Å². The number of anilines is 1. The van der Waals surface area contributed by atoms with Gasteiger partial charge in [-0.3, -0.25) is 0 Å². The summed E-state index contributed by atoms with van der Waals surface area (Å²) in [5, 5.41) is 8.61. The Morgan fingerprint density at radius 1 is 1.47 bits per heavy atom. The average molecular weight is 316 g/mol. The molecule has 1 aromatic carbocycles. The first-order chi connectivity index (χ1) is 8.15. The molecule has 4 nitrogen and oxygen atoms in total. The fourth-order valence-corrected chi connectivity index (χ4v) is 2.24. The van der Waals surface area contributed by atoms with Crippen LogP contribution in [0.15, 0.2) is 22.7 Å². The predicted octanol–water partition coefficient (Wildman–Crippen LogP) is 3.22. The number of hydrogen-bond acceptors (Lipinski definition) is 3. The molecule has 2 N–H and O–H groups in total. The van der Waals surface area contributed by atoms with Crippen molar-refractivity contribution in [2.75, 3.05) is 5.73 Å². The average Bonchev–Trinajstić information content (AvgIpc) is 2.66. The van der Waals surface area contributed by atoms with Crippen LogP contribution in [0.3, 0.4) is 0 Å². The van der Waals surface area contributed by atoms with E-state index in [0.717, 1.165) is 28.7 Å². The monoisotopic (exact) mass is 314 g/mol. The molecule has 2 rings (SSSR count). The molecule has 0 aliphatic rings. The number of aromatic nitrogens is 3. The second-order valence-corrected chi connectivity index (χ2v) is 4.86. The van der Waals surface area contributed by atoms with Crippen LogP contribution in [-0.4, -0.2) is 15.0 Å². The Bertz CT molecular complexity index is 538. The van der Waals surface area contributed by atoms with Crippen molar-refractivity contribution in [2.24, 2.45) is 0 Å². The second-order valence-electron chi connectivity index (χ2n) is 3.66. The van der Waals surface area contributed by atoms with Gasteiger partial charge in [-0.15, -0.1) is 5.10 Å². The van der Waals surface area contributed by atoms with Crippen molar-refractivity contribution in [2.45, 2.75) is 19.8 Å². The van der Waals surface area contributed by atoms with Gasteiger partial charge in [-0.1, -0.05) is 36.2 Å². The van der Waals surface area contributed by atoms with Gasteiger partial charge < -0.3 is 5.73 Å². The zero-order chi connectivity index (χ0) is 12.4. The number of nitrogen functional groups attached to an aromatic ring is 1. The van der Waals surface area contributed by atoms with Crippen molar-refractivity contribution in [1.82, 2.24) is 15.0 Å². The van der Waals surface area contributed by atoms with Crippen molar-refractivity contribution in [3.05, 3.63) is 33.4 Å². The van der Waals surface area contributed by atoms with Crippen molar-refractivity contribution in [1.29, 1.82) is 0 Å². The van der Waals surface area contributed by atoms with Gasteiger partial charge in [0.2, 0.25) is 0 Å². The largest absolute Gasteiger partial charge is 0.381 e. The normalized spacial score (nSPS) is 10.8. The van der Waals surface area contributed by atoms with E-state index in [1.54, 1.807) is 4.68 Å². The molecular formula is C11H12BrClN4. The molecule has 0 unspecified atom stereocenters. The van der Waals surface area contributed by atoms with Crippen molar-refractivity contribution >= 4 is 33.3 Å². The number of hydrogen-bond donors (Lipinski definition) is 1. The highest BCUT2D eigenvalue weighted by molar-refractivity contribution is 9.10. The van der Waals surface area contributed by atoms with Gasteiger partial charge in [0, 0.05) is 0 Å². The van der Waals surface area contributed by atoms with Crippen molar-refractivity contribution < 1.29 is 0 Å². The highest BCUT2D eigenvalue weighted by Gasteiger charge is 2.14. The summed E-state index contributed by atoms with van der Waals surface area (Å²) in [7, 11) is 0. The van der Waals surface area contributed by atoms with E-state index >= 15 is 0 Å². The lowest BCUT2D eigenvalue weighted by molar-refractivity contribution is 0.743. The van der Waals surface area contributed by atoms with Gasteiger partial charge in [0.05, 0.1) is 20.9 Å². The molecule has 1 heterocycles. The molecule has 0 saturated carbocycles. The lowest BCUT2D eigenvalue weighted by atomic mass is 10.2. The van der Waals surface area contributed by atoms with Crippen molar-refractivity contribution in [3.8, 4) is 5.69 Å². The lowest BCUT2D eigenvalue weighted by Crippen LogP contribution is -2.04. The number of rotatable bonds is 3. The van der Waals surface area contributed by atoms with Crippen LogP contribution in [0.4, 0.5) is 5.82 Å². The van der Waals surface area contributed by atoms with E-state index in [2.05, 4.69) is 33.2 Å². The fraction of sp³-hybridized carbons (Fsp3) is 0.273. The van der Waals surface area contributed by atoms with E-state index in [1.165, 1.54) is 0 Å². The van der Waals surface area contributed by atoms with Gasteiger partial charge in [-0.05, 0) is 34.5 Å². The summed E-state index contributed by atoms with van der Waals surface area (Å²) in [6.45, 7) is 2.09. The molecule has 0 saturated heterocycles. The Kier molecular flexibility index (Phi) is 3.69.